The Morgan fingerprint density at radius 3 is 2.71 bits per heavy atom. The van der Waals surface area contributed by atoms with E-state index in [1.165, 1.54) is 6.92 Å². The van der Waals surface area contributed by atoms with Gasteiger partial charge in [-0.2, -0.15) is 0 Å². The van der Waals surface area contributed by atoms with E-state index in [0.29, 0.717) is 6.54 Å². The molecule has 1 heterocycles. The average Bonchev–Trinajstić information content (AvgIpc) is 2.16. The third-order valence-electron chi connectivity index (χ3n) is 2.80. The molecule has 82 valence electrons. The molecule has 4 heteroatoms. The zero-order chi connectivity index (χ0) is 10.7. The molecule has 0 saturated carbocycles. The molecule has 0 aromatic carbocycles. The zero-order valence-corrected chi connectivity index (χ0v) is 9.06. The normalized spacial score (nSPS) is 30.1. The number of piperidine rings is 1. The highest BCUT2D eigenvalue weighted by atomic mass is 16.5. The standard InChI is InChI=1S/C10H19NO3/c1-7-6-9(14-3)4-5-11(7)10(13)8(2)12/h7-9,12H,4-6H2,1-3H3/t7-,8+,9+/m1/s1. The van der Waals surface area contributed by atoms with Crippen LogP contribution in [0.15, 0.2) is 0 Å². The van der Waals surface area contributed by atoms with Crippen LogP contribution < -0.4 is 0 Å². The lowest BCUT2D eigenvalue weighted by atomic mass is 10.00. The molecule has 14 heavy (non-hydrogen) atoms. The minimum Gasteiger partial charge on any atom is -0.384 e. The lowest BCUT2D eigenvalue weighted by Gasteiger charge is -2.37. The Hall–Kier alpha value is -0.610. The van der Waals surface area contributed by atoms with Gasteiger partial charge in [0.2, 0.25) is 0 Å². The summed E-state index contributed by atoms with van der Waals surface area (Å²) >= 11 is 0. The highest BCUT2D eigenvalue weighted by Crippen LogP contribution is 2.19. The quantitative estimate of drug-likeness (QED) is 0.703. The summed E-state index contributed by atoms with van der Waals surface area (Å²) < 4.78 is 5.25. The number of hydrogen-bond acceptors (Lipinski definition) is 3. The molecule has 0 aliphatic carbocycles. The third kappa shape index (κ3) is 2.45. The Balaban J connectivity index is 2.53. The topological polar surface area (TPSA) is 49.8 Å². The fraction of sp³-hybridized carbons (Fsp3) is 0.900. The fourth-order valence-corrected chi connectivity index (χ4v) is 1.91. The SMILES string of the molecule is CO[C@H]1CCN(C(=O)[C@H](C)O)[C@H](C)C1. The molecule has 1 fully saturated rings. The van der Waals surface area contributed by atoms with Crippen molar-refractivity contribution in [1.82, 2.24) is 4.90 Å². The van der Waals surface area contributed by atoms with Gasteiger partial charge in [-0.25, -0.2) is 0 Å². The maximum Gasteiger partial charge on any atom is 0.251 e. The first-order chi connectivity index (χ1) is 6.56. The third-order valence-corrected chi connectivity index (χ3v) is 2.80. The second-order valence-corrected chi connectivity index (χ2v) is 3.94. The molecule has 1 rings (SSSR count). The number of nitrogens with zero attached hydrogens (tertiary/aromatic N) is 1. The number of ether oxygens (including phenoxy) is 1. The van der Waals surface area contributed by atoms with Gasteiger partial charge < -0.3 is 14.7 Å². The lowest BCUT2D eigenvalue weighted by molar-refractivity contribution is -0.144. The van der Waals surface area contributed by atoms with Gasteiger partial charge in [0.15, 0.2) is 0 Å². The highest BCUT2D eigenvalue weighted by molar-refractivity contribution is 5.80. The van der Waals surface area contributed by atoms with Gasteiger partial charge in [0.1, 0.15) is 6.10 Å². The van der Waals surface area contributed by atoms with E-state index in [1.54, 1.807) is 12.0 Å². The van der Waals surface area contributed by atoms with Crippen molar-refractivity contribution in [2.75, 3.05) is 13.7 Å². The van der Waals surface area contributed by atoms with Gasteiger partial charge in [0.25, 0.3) is 5.91 Å². The van der Waals surface area contributed by atoms with Crippen molar-refractivity contribution in [3.63, 3.8) is 0 Å². The van der Waals surface area contributed by atoms with Crippen LogP contribution >= 0.6 is 0 Å². The van der Waals surface area contributed by atoms with Gasteiger partial charge in [-0.3, -0.25) is 4.79 Å². The molecule has 0 aromatic rings. The summed E-state index contributed by atoms with van der Waals surface area (Å²) in [5, 5.41) is 9.19. The molecule has 1 saturated heterocycles. The highest BCUT2D eigenvalue weighted by Gasteiger charge is 2.30. The van der Waals surface area contributed by atoms with E-state index in [1.807, 2.05) is 6.92 Å². The molecule has 4 nitrogen and oxygen atoms in total. The van der Waals surface area contributed by atoms with Gasteiger partial charge in [0.05, 0.1) is 6.10 Å². The van der Waals surface area contributed by atoms with Gasteiger partial charge in [-0.1, -0.05) is 0 Å². The molecule has 1 N–H and O–H groups in total. The molecule has 3 atom stereocenters. The summed E-state index contributed by atoms with van der Waals surface area (Å²) in [5.41, 5.74) is 0. The molecular formula is C10H19NO3. The Kier molecular flexibility index (Phi) is 3.89. The van der Waals surface area contributed by atoms with E-state index in [-0.39, 0.29) is 18.1 Å². The van der Waals surface area contributed by atoms with E-state index in [0.717, 1.165) is 12.8 Å². The van der Waals surface area contributed by atoms with E-state index < -0.39 is 6.10 Å². The molecule has 0 aromatic heterocycles. The van der Waals surface area contributed by atoms with Crippen molar-refractivity contribution in [1.29, 1.82) is 0 Å². The number of carbonyl (C=O) groups is 1. The summed E-state index contributed by atoms with van der Waals surface area (Å²) in [6.45, 7) is 4.19. The average molecular weight is 201 g/mol. The first-order valence-corrected chi connectivity index (χ1v) is 5.07. The van der Waals surface area contributed by atoms with Crippen molar-refractivity contribution in [2.45, 2.75) is 44.9 Å². The zero-order valence-electron chi connectivity index (χ0n) is 9.06. The predicted octanol–water partition coefficient (Wildman–Crippen LogP) is 0.393. The number of aliphatic hydroxyl groups excluding tert-OH is 1. The molecule has 0 radical (unpaired) electrons. The van der Waals surface area contributed by atoms with Crippen LogP contribution in [0.25, 0.3) is 0 Å². The molecule has 0 bridgehead atoms. The maximum atomic E-state index is 11.5. The second-order valence-electron chi connectivity index (χ2n) is 3.94. The number of carbonyl (C=O) groups excluding carboxylic acids is 1. The number of likely N-dealkylation sites (tertiary alicyclic amines) is 1. The fourth-order valence-electron chi connectivity index (χ4n) is 1.91. The number of aliphatic hydroxyl groups is 1. The first kappa shape index (κ1) is 11.5. The van der Waals surface area contributed by atoms with Crippen LogP contribution in [0.3, 0.4) is 0 Å². The molecule has 0 unspecified atom stereocenters. The van der Waals surface area contributed by atoms with Gasteiger partial charge in [0, 0.05) is 19.7 Å². The van der Waals surface area contributed by atoms with Crippen molar-refractivity contribution < 1.29 is 14.6 Å². The summed E-state index contributed by atoms with van der Waals surface area (Å²) in [5.74, 6) is -0.174. The van der Waals surface area contributed by atoms with Gasteiger partial charge in [-0.15, -0.1) is 0 Å². The first-order valence-electron chi connectivity index (χ1n) is 5.07. The number of methoxy groups -OCH3 is 1. The monoisotopic (exact) mass is 201 g/mol. The Morgan fingerprint density at radius 1 is 1.64 bits per heavy atom. The Bertz CT molecular complexity index is 206. The van der Waals surface area contributed by atoms with Crippen LogP contribution in [0.1, 0.15) is 26.7 Å². The van der Waals surface area contributed by atoms with E-state index in [2.05, 4.69) is 0 Å². The molecule has 1 aliphatic heterocycles. The summed E-state index contributed by atoms with van der Waals surface area (Å²) in [4.78, 5) is 13.3. The van der Waals surface area contributed by atoms with Crippen molar-refractivity contribution in [2.24, 2.45) is 0 Å². The summed E-state index contributed by atoms with van der Waals surface area (Å²) in [6, 6.07) is 0.163. The van der Waals surface area contributed by atoms with E-state index in [4.69, 9.17) is 4.74 Å². The largest absolute Gasteiger partial charge is 0.384 e. The summed E-state index contributed by atoms with van der Waals surface area (Å²) in [6.07, 6.45) is 1.08. The smallest absolute Gasteiger partial charge is 0.251 e. The minimum atomic E-state index is -0.892. The van der Waals surface area contributed by atoms with Gasteiger partial charge >= 0.3 is 0 Å². The van der Waals surface area contributed by atoms with E-state index >= 15 is 0 Å². The number of rotatable bonds is 2. The predicted molar refractivity (Wildman–Crippen MR) is 52.9 cm³/mol. The van der Waals surface area contributed by atoms with E-state index in [9.17, 15) is 9.90 Å². The van der Waals surface area contributed by atoms with Crippen molar-refractivity contribution in [3.05, 3.63) is 0 Å². The second kappa shape index (κ2) is 4.75. The van der Waals surface area contributed by atoms with Crippen LogP contribution in [0.4, 0.5) is 0 Å². The van der Waals surface area contributed by atoms with Crippen LogP contribution in [0.2, 0.25) is 0 Å². The lowest BCUT2D eigenvalue weighted by Crippen LogP contribution is -2.49. The maximum absolute atomic E-state index is 11.5. The van der Waals surface area contributed by atoms with Crippen LogP contribution in [0.5, 0.6) is 0 Å². The van der Waals surface area contributed by atoms with Crippen molar-refractivity contribution in [3.8, 4) is 0 Å². The number of amides is 1. The van der Waals surface area contributed by atoms with Crippen LogP contribution in [0, 0.1) is 0 Å². The minimum absolute atomic E-state index is 0.163. The Labute approximate surface area is 84.8 Å². The van der Waals surface area contributed by atoms with Crippen LogP contribution in [-0.4, -0.2) is 47.8 Å². The molecular weight excluding hydrogens is 182 g/mol. The van der Waals surface area contributed by atoms with Crippen LogP contribution in [-0.2, 0) is 9.53 Å². The van der Waals surface area contributed by atoms with Gasteiger partial charge in [-0.05, 0) is 26.7 Å². The number of hydrogen-bond donors (Lipinski definition) is 1. The van der Waals surface area contributed by atoms with Crippen molar-refractivity contribution >= 4 is 5.91 Å². The Morgan fingerprint density at radius 2 is 2.29 bits per heavy atom. The summed E-state index contributed by atoms with van der Waals surface area (Å²) in [7, 11) is 1.70. The molecule has 0 spiro atoms. The molecule has 1 aliphatic rings. The molecule has 1 amide bonds.